The molecule has 2 heterocycles. The quantitative estimate of drug-likeness (QED) is 0.268. The number of hydrogen-bond donors (Lipinski definition) is 7. The minimum absolute atomic E-state index is 0.315. The van der Waals surface area contributed by atoms with Crippen molar-refractivity contribution in [2.24, 2.45) is 0 Å². The zero-order valence-electron chi connectivity index (χ0n) is 11.0. The largest absolute Gasteiger partial charge is 0.394 e. The molecule has 0 amide bonds. The Morgan fingerprint density at radius 1 is 0.905 bits per heavy atom. The molecule has 0 unspecified atom stereocenters. The molecular formula is C11H20O10. The number of aliphatic hydroxyl groups is 7. The number of rotatable bonds is 3. The van der Waals surface area contributed by atoms with E-state index in [2.05, 4.69) is 0 Å². The predicted octanol–water partition coefficient (Wildman–Crippen LogP) is -4.76. The molecular weight excluding hydrogens is 292 g/mol. The maximum atomic E-state index is 9.87. The molecule has 2 aliphatic rings. The molecule has 7 N–H and O–H groups in total. The average molecular weight is 312 g/mol. The van der Waals surface area contributed by atoms with Crippen LogP contribution in [0.4, 0.5) is 0 Å². The standard InChI is InChI=1S/C11H20O10/c12-1-4-6(15)7(16)9(10(18)20-4)21-11-8(17)5(14)3(13)2-19-11/h3-18H,1-2H2/t3-,4-,5+,6-,7+,8-,9-,10-,11+/m0/s1. The third kappa shape index (κ3) is 3.35. The van der Waals surface area contributed by atoms with Crippen LogP contribution in [0.3, 0.4) is 0 Å². The van der Waals surface area contributed by atoms with Gasteiger partial charge in [-0.25, -0.2) is 0 Å². The van der Waals surface area contributed by atoms with E-state index in [4.69, 9.17) is 19.3 Å². The Balaban J connectivity index is 2.01. The average Bonchev–Trinajstić information content (AvgIpc) is 2.47. The lowest BCUT2D eigenvalue weighted by atomic mass is 9.98. The molecule has 0 aromatic heterocycles. The van der Waals surface area contributed by atoms with E-state index in [1.165, 1.54) is 0 Å². The van der Waals surface area contributed by atoms with Crippen molar-refractivity contribution >= 4 is 0 Å². The van der Waals surface area contributed by atoms with E-state index < -0.39 is 61.9 Å². The third-order valence-corrected chi connectivity index (χ3v) is 3.59. The molecule has 0 radical (unpaired) electrons. The summed E-state index contributed by atoms with van der Waals surface area (Å²) in [5.74, 6) is 0. The van der Waals surface area contributed by atoms with Crippen LogP contribution >= 0.6 is 0 Å². The Kier molecular flexibility index (Phi) is 5.48. The van der Waals surface area contributed by atoms with Crippen LogP contribution in [-0.4, -0.2) is 104 Å². The summed E-state index contributed by atoms with van der Waals surface area (Å²) < 4.78 is 15.0. The first kappa shape index (κ1) is 17.0. The molecule has 0 bridgehead atoms. The van der Waals surface area contributed by atoms with Crippen LogP contribution in [0, 0.1) is 0 Å². The lowest BCUT2D eigenvalue weighted by Crippen LogP contribution is -2.62. The number of aliphatic hydroxyl groups excluding tert-OH is 7. The highest BCUT2D eigenvalue weighted by atomic mass is 16.7. The van der Waals surface area contributed by atoms with E-state index in [1.807, 2.05) is 0 Å². The molecule has 0 spiro atoms. The first-order chi connectivity index (χ1) is 9.86. The molecule has 21 heavy (non-hydrogen) atoms. The van der Waals surface area contributed by atoms with Gasteiger partial charge in [0.1, 0.15) is 42.7 Å². The minimum atomic E-state index is -1.68. The first-order valence-corrected chi connectivity index (χ1v) is 6.48. The Morgan fingerprint density at radius 2 is 1.57 bits per heavy atom. The molecule has 2 aliphatic heterocycles. The Morgan fingerprint density at radius 3 is 2.19 bits per heavy atom. The molecule has 10 nitrogen and oxygen atoms in total. The van der Waals surface area contributed by atoms with Gasteiger partial charge in [-0.2, -0.15) is 0 Å². The highest BCUT2D eigenvalue weighted by molar-refractivity contribution is 4.91. The topological polar surface area (TPSA) is 169 Å². The Labute approximate surface area is 119 Å². The van der Waals surface area contributed by atoms with Gasteiger partial charge in [0.25, 0.3) is 0 Å². The van der Waals surface area contributed by atoms with Gasteiger partial charge in [0.2, 0.25) is 0 Å². The number of hydrogen-bond acceptors (Lipinski definition) is 10. The van der Waals surface area contributed by atoms with Crippen LogP contribution in [0.5, 0.6) is 0 Å². The van der Waals surface area contributed by atoms with Gasteiger partial charge in [-0.1, -0.05) is 0 Å². The van der Waals surface area contributed by atoms with Gasteiger partial charge in [0.05, 0.1) is 13.2 Å². The highest BCUT2D eigenvalue weighted by Crippen LogP contribution is 2.26. The second-order valence-electron chi connectivity index (χ2n) is 5.08. The maximum absolute atomic E-state index is 9.87. The van der Waals surface area contributed by atoms with Crippen molar-refractivity contribution < 1.29 is 50.0 Å². The Bertz CT molecular complexity index is 341. The Hall–Kier alpha value is -0.400. The van der Waals surface area contributed by atoms with E-state index in [9.17, 15) is 30.6 Å². The van der Waals surface area contributed by atoms with Crippen molar-refractivity contribution in [2.75, 3.05) is 13.2 Å². The van der Waals surface area contributed by atoms with Gasteiger partial charge in [0.15, 0.2) is 12.6 Å². The fourth-order valence-electron chi connectivity index (χ4n) is 2.27. The van der Waals surface area contributed by atoms with Gasteiger partial charge < -0.3 is 50.0 Å². The van der Waals surface area contributed by atoms with E-state index >= 15 is 0 Å². The monoisotopic (exact) mass is 312 g/mol. The molecule has 10 heteroatoms. The molecule has 9 atom stereocenters. The molecule has 0 aromatic rings. The van der Waals surface area contributed by atoms with Crippen molar-refractivity contribution in [1.82, 2.24) is 0 Å². The predicted molar refractivity (Wildman–Crippen MR) is 62.6 cm³/mol. The van der Waals surface area contributed by atoms with Gasteiger partial charge in [-0.15, -0.1) is 0 Å². The van der Waals surface area contributed by atoms with E-state index in [1.54, 1.807) is 0 Å². The SMILES string of the molecule is OC[C@@H]1O[C@H](O)[C@@H](O[C@H]2OC[C@H](O)[C@@H](O)[C@@H]2O)[C@H](O)[C@H]1O. The molecule has 124 valence electrons. The van der Waals surface area contributed by atoms with Gasteiger partial charge in [-0.05, 0) is 0 Å². The third-order valence-electron chi connectivity index (χ3n) is 3.59. The molecule has 2 rings (SSSR count). The second-order valence-corrected chi connectivity index (χ2v) is 5.08. The fraction of sp³-hybridized carbons (Fsp3) is 1.00. The molecule has 2 fully saturated rings. The summed E-state index contributed by atoms with van der Waals surface area (Å²) in [6, 6.07) is 0. The number of ether oxygens (including phenoxy) is 3. The maximum Gasteiger partial charge on any atom is 0.186 e. The molecule has 2 saturated heterocycles. The normalized spacial score (nSPS) is 51.9. The first-order valence-electron chi connectivity index (χ1n) is 6.48. The van der Waals surface area contributed by atoms with Crippen LogP contribution in [0.2, 0.25) is 0 Å². The van der Waals surface area contributed by atoms with Gasteiger partial charge in [0, 0.05) is 0 Å². The molecule has 0 aliphatic carbocycles. The summed E-state index contributed by atoms with van der Waals surface area (Å²) in [6.07, 6.45) is -13.3. The summed E-state index contributed by atoms with van der Waals surface area (Å²) in [5, 5.41) is 66.7. The van der Waals surface area contributed by atoms with E-state index in [0.29, 0.717) is 0 Å². The summed E-state index contributed by atoms with van der Waals surface area (Å²) in [7, 11) is 0. The van der Waals surface area contributed by atoms with Gasteiger partial charge in [-0.3, -0.25) is 0 Å². The van der Waals surface area contributed by atoms with Crippen LogP contribution in [0.1, 0.15) is 0 Å². The summed E-state index contributed by atoms with van der Waals surface area (Å²) in [4.78, 5) is 0. The van der Waals surface area contributed by atoms with Crippen LogP contribution in [0.25, 0.3) is 0 Å². The molecule has 0 aromatic carbocycles. The van der Waals surface area contributed by atoms with Gasteiger partial charge >= 0.3 is 0 Å². The lowest BCUT2D eigenvalue weighted by molar-refractivity contribution is -0.349. The summed E-state index contributed by atoms with van der Waals surface area (Å²) in [5.41, 5.74) is 0. The lowest BCUT2D eigenvalue weighted by Gasteiger charge is -2.43. The summed E-state index contributed by atoms with van der Waals surface area (Å²) in [6.45, 7) is -0.931. The van der Waals surface area contributed by atoms with Crippen molar-refractivity contribution in [2.45, 2.75) is 55.3 Å². The fourth-order valence-corrected chi connectivity index (χ4v) is 2.27. The van der Waals surface area contributed by atoms with Crippen LogP contribution < -0.4 is 0 Å². The van der Waals surface area contributed by atoms with Crippen molar-refractivity contribution in [3.8, 4) is 0 Å². The van der Waals surface area contributed by atoms with E-state index in [-0.39, 0.29) is 6.61 Å². The zero-order valence-corrected chi connectivity index (χ0v) is 11.0. The van der Waals surface area contributed by atoms with Crippen LogP contribution in [0.15, 0.2) is 0 Å². The second kappa shape index (κ2) is 6.79. The van der Waals surface area contributed by atoms with E-state index in [0.717, 1.165) is 0 Å². The van der Waals surface area contributed by atoms with Crippen molar-refractivity contribution in [3.63, 3.8) is 0 Å². The van der Waals surface area contributed by atoms with Crippen molar-refractivity contribution in [1.29, 1.82) is 0 Å². The zero-order chi connectivity index (χ0) is 15.7. The van der Waals surface area contributed by atoms with Crippen molar-refractivity contribution in [3.05, 3.63) is 0 Å². The molecule has 0 saturated carbocycles. The summed E-state index contributed by atoms with van der Waals surface area (Å²) >= 11 is 0. The minimum Gasteiger partial charge on any atom is -0.394 e. The van der Waals surface area contributed by atoms with Crippen LogP contribution in [-0.2, 0) is 14.2 Å². The smallest absolute Gasteiger partial charge is 0.186 e. The highest BCUT2D eigenvalue weighted by Gasteiger charge is 2.48.